The highest BCUT2D eigenvalue weighted by atomic mass is 16.6. The third-order valence-corrected chi connectivity index (χ3v) is 7.67. The molecule has 0 bridgehead atoms. The topological polar surface area (TPSA) is 191 Å². The van der Waals surface area contributed by atoms with Crippen molar-refractivity contribution < 1.29 is 63.5 Å². The van der Waals surface area contributed by atoms with Crippen molar-refractivity contribution in [3.05, 3.63) is 107 Å². The molecule has 0 aliphatic heterocycles. The maximum Gasteiger partial charge on any atom is 0.330 e. The number of aromatic hydroxyl groups is 4. The lowest BCUT2D eigenvalue weighted by Crippen LogP contribution is -2.31. The Kier molecular flexibility index (Phi) is 13.8. The van der Waals surface area contributed by atoms with Gasteiger partial charge in [-0.2, -0.15) is 0 Å². The van der Waals surface area contributed by atoms with Gasteiger partial charge in [0.1, 0.15) is 12.7 Å². The highest BCUT2D eigenvalue weighted by Gasteiger charge is 2.27. The number of methoxy groups -OCH3 is 3. The van der Waals surface area contributed by atoms with Gasteiger partial charge in [0.2, 0.25) is 0 Å². The van der Waals surface area contributed by atoms with Crippen LogP contribution in [0.1, 0.15) is 34.8 Å². The number of rotatable bonds is 17. The van der Waals surface area contributed by atoms with E-state index in [-0.39, 0.29) is 58.2 Å². The van der Waals surface area contributed by atoms with E-state index in [0.29, 0.717) is 24.0 Å². The SMILES string of the molecule is COc1cc(C=CC(=O)OCCCc2ccc(OC(COC(=O)C=Cc3ccc(O)c(OC)c3)C(O)c3ccc(O)c(OC)c3)c(O)c2)ccc1O. The Morgan fingerprint density at radius 3 is 1.73 bits per heavy atom. The number of esters is 2. The molecule has 0 heterocycles. The summed E-state index contributed by atoms with van der Waals surface area (Å²) in [7, 11) is 4.18. The zero-order valence-electron chi connectivity index (χ0n) is 28.7. The van der Waals surface area contributed by atoms with Gasteiger partial charge < -0.3 is 54.0 Å². The Balaban J connectivity index is 1.38. The first-order chi connectivity index (χ1) is 25.0. The lowest BCUT2D eigenvalue weighted by Gasteiger charge is -2.25. The first kappa shape index (κ1) is 38.5. The number of benzene rings is 4. The summed E-state index contributed by atoms with van der Waals surface area (Å²) in [4.78, 5) is 24.8. The molecule has 0 aliphatic rings. The maximum atomic E-state index is 12.6. The molecule has 274 valence electrons. The van der Waals surface area contributed by atoms with Gasteiger partial charge >= 0.3 is 11.9 Å². The van der Waals surface area contributed by atoms with E-state index < -0.39 is 30.8 Å². The molecular formula is C39H40O13. The fourth-order valence-corrected chi connectivity index (χ4v) is 4.90. The first-order valence-electron chi connectivity index (χ1n) is 16.0. The third-order valence-electron chi connectivity index (χ3n) is 7.67. The number of phenols is 4. The van der Waals surface area contributed by atoms with E-state index in [1.54, 1.807) is 24.3 Å². The zero-order chi connectivity index (χ0) is 37.6. The lowest BCUT2D eigenvalue weighted by molar-refractivity contribution is -0.142. The Morgan fingerprint density at radius 2 is 1.17 bits per heavy atom. The molecular weight excluding hydrogens is 676 g/mol. The van der Waals surface area contributed by atoms with Crippen LogP contribution in [0.5, 0.6) is 46.0 Å². The molecule has 4 aromatic carbocycles. The number of aliphatic hydroxyl groups is 1. The highest BCUT2D eigenvalue weighted by molar-refractivity contribution is 5.87. The molecule has 13 nitrogen and oxygen atoms in total. The van der Waals surface area contributed by atoms with Gasteiger partial charge in [-0.3, -0.25) is 0 Å². The summed E-state index contributed by atoms with van der Waals surface area (Å²) in [6.07, 6.45) is 3.72. The molecule has 0 radical (unpaired) electrons. The van der Waals surface area contributed by atoms with Gasteiger partial charge in [0.15, 0.2) is 52.1 Å². The average Bonchev–Trinajstić information content (AvgIpc) is 3.15. The van der Waals surface area contributed by atoms with E-state index in [9.17, 15) is 35.1 Å². The molecule has 0 fully saturated rings. The predicted molar refractivity (Wildman–Crippen MR) is 190 cm³/mol. The van der Waals surface area contributed by atoms with Crippen molar-refractivity contribution in [3.63, 3.8) is 0 Å². The van der Waals surface area contributed by atoms with Crippen LogP contribution < -0.4 is 18.9 Å². The van der Waals surface area contributed by atoms with Gasteiger partial charge in [0.05, 0.1) is 27.9 Å². The number of hydrogen-bond acceptors (Lipinski definition) is 13. The molecule has 2 unspecified atom stereocenters. The summed E-state index contributed by atoms with van der Waals surface area (Å²) >= 11 is 0. The van der Waals surface area contributed by atoms with Gasteiger partial charge in [-0.15, -0.1) is 0 Å². The molecule has 4 rings (SSSR count). The lowest BCUT2D eigenvalue weighted by atomic mass is 10.0. The van der Waals surface area contributed by atoms with Crippen LogP contribution in [0, 0.1) is 0 Å². The first-order valence-corrected chi connectivity index (χ1v) is 16.0. The van der Waals surface area contributed by atoms with Crippen LogP contribution in [-0.4, -0.2) is 78.1 Å². The molecule has 13 heteroatoms. The van der Waals surface area contributed by atoms with Crippen molar-refractivity contribution in [2.45, 2.75) is 25.0 Å². The van der Waals surface area contributed by atoms with E-state index >= 15 is 0 Å². The number of carbonyl (C=O) groups excluding carboxylic acids is 2. The van der Waals surface area contributed by atoms with Crippen LogP contribution in [0.15, 0.2) is 84.9 Å². The predicted octanol–water partition coefficient (Wildman–Crippen LogP) is 5.46. The Bertz CT molecular complexity index is 1900. The van der Waals surface area contributed by atoms with Crippen molar-refractivity contribution in [1.29, 1.82) is 0 Å². The van der Waals surface area contributed by atoms with Crippen molar-refractivity contribution in [1.82, 2.24) is 0 Å². The summed E-state index contributed by atoms with van der Waals surface area (Å²) in [6.45, 7) is -0.320. The van der Waals surface area contributed by atoms with Gasteiger partial charge in [-0.05, 0) is 95.8 Å². The quantitative estimate of drug-likeness (QED) is 0.0526. The number of phenolic OH excluding ortho intramolecular Hbond substituents is 4. The Morgan fingerprint density at radius 1 is 0.635 bits per heavy atom. The average molecular weight is 717 g/mol. The minimum absolute atomic E-state index is 0.00347. The maximum absolute atomic E-state index is 12.6. The van der Waals surface area contributed by atoms with Gasteiger partial charge in [0, 0.05) is 12.2 Å². The minimum atomic E-state index is -1.40. The third kappa shape index (κ3) is 10.8. The summed E-state index contributed by atoms with van der Waals surface area (Å²) in [6, 6.07) is 18.1. The summed E-state index contributed by atoms with van der Waals surface area (Å²) < 4.78 is 31.9. The molecule has 0 amide bonds. The molecule has 52 heavy (non-hydrogen) atoms. The molecule has 4 aromatic rings. The molecule has 0 aliphatic carbocycles. The number of hydrogen-bond donors (Lipinski definition) is 5. The molecule has 2 atom stereocenters. The fraction of sp³-hybridized carbons (Fsp3) is 0.231. The second-order valence-corrected chi connectivity index (χ2v) is 11.3. The van der Waals surface area contributed by atoms with Crippen molar-refractivity contribution in [2.75, 3.05) is 34.5 Å². The van der Waals surface area contributed by atoms with E-state index in [0.717, 1.165) is 11.6 Å². The number of carbonyl (C=O) groups is 2. The van der Waals surface area contributed by atoms with Crippen molar-refractivity contribution in [3.8, 4) is 46.0 Å². The zero-order valence-corrected chi connectivity index (χ0v) is 28.7. The van der Waals surface area contributed by atoms with Crippen LogP contribution >= 0.6 is 0 Å². The second kappa shape index (κ2) is 18.6. The second-order valence-electron chi connectivity index (χ2n) is 11.3. The van der Waals surface area contributed by atoms with Crippen LogP contribution in [-0.2, 0) is 25.5 Å². The Hall–Kier alpha value is -6.34. The van der Waals surface area contributed by atoms with Crippen LogP contribution in [0.25, 0.3) is 12.2 Å². The van der Waals surface area contributed by atoms with E-state index in [4.69, 9.17) is 28.4 Å². The minimum Gasteiger partial charge on any atom is -0.504 e. The number of ether oxygens (including phenoxy) is 6. The molecule has 0 spiro atoms. The largest absolute Gasteiger partial charge is 0.504 e. The van der Waals surface area contributed by atoms with Crippen LogP contribution in [0.2, 0.25) is 0 Å². The van der Waals surface area contributed by atoms with E-state index in [1.807, 2.05) is 0 Å². The monoisotopic (exact) mass is 716 g/mol. The van der Waals surface area contributed by atoms with E-state index in [2.05, 4.69) is 0 Å². The Labute approximate surface area is 300 Å². The van der Waals surface area contributed by atoms with Crippen LogP contribution in [0.4, 0.5) is 0 Å². The fourth-order valence-electron chi connectivity index (χ4n) is 4.90. The normalized spacial score (nSPS) is 12.3. The van der Waals surface area contributed by atoms with Crippen molar-refractivity contribution in [2.24, 2.45) is 0 Å². The summed E-state index contributed by atoms with van der Waals surface area (Å²) in [5.74, 6) is -1.15. The number of aryl methyl sites for hydroxylation is 1. The van der Waals surface area contributed by atoms with Gasteiger partial charge in [-0.1, -0.05) is 24.3 Å². The van der Waals surface area contributed by atoms with E-state index in [1.165, 1.54) is 88.1 Å². The summed E-state index contributed by atoms with van der Waals surface area (Å²) in [5, 5.41) is 51.6. The standard InChI is InChI=1S/C39H40O13/c1-47-33-20-25(6-12-28(33)40)9-16-37(44)50-18-4-5-24-8-15-32(31(43)19-24)52-36(39(46)27-11-14-30(42)35(22-27)49-3)23-51-38(45)17-10-26-7-13-29(41)34(21-26)48-2/h6-17,19-22,36,39-43,46H,4-5,18,23H2,1-3H3. The smallest absolute Gasteiger partial charge is 0.330 e. The molecule has 0 aromatic heterocycles. The van der Waals surface area contributed by atoms with Crippen LogP contribution in [0.3, 0.4) is 0 Å². The summed E-state index contributed by atoms with van der Waals surface area (Å²) in [5.41, 5.74) is 2.20. The molecule has 5 N–H and O–H groups in total. The van der Waals surface area contributed by atoms with Crippen molar-refractivity contribution >= 4 is 24.1 Å². The molecule has 0 saturated carbocycles. The highest BCUT2D eigenvalue weighted by Crippen LogP contribution is 2.34. The number of aliphatic hydroxyl groups excluding tert-OH is 1. The molecule has 0 saturated heterocycles. The van der Waals surface area contributed by atoms with Gasteiger partial charge in [0.25, 0.3) is 0 Å². The van der Waals surface area contributed by atoms with Gasteiger partial charge in [-0.25, -0.2) is 9.59 Å².